The van der Waals surface area contributed by atoms with Crippen molar-refractivity contribution in [1.82, 2.24) is 9.91 Å². The molecule has 1 heterocycles. The molecule has 0 aromatic heterocycles. The van der Waals surface area contributed by atoms with Gasteiger partial charge in [-0.15, -0.1) is 0 Å². The molecule has 3 N–H and O–H groups in total. The molecule has 0 spiro atoms. The number of benzene rings is 1. The van der Waals surface area contributed by atoms with Crippen molar-refractivity contribution in [2.45, 2.75) is 0 Å². The molecule has 18 heavy (non-hydrogen) atoms. The van der Waals surface area contributed by atoms with Crippen LogP contribution >= 0.6 is 28.1 Å². The Bertz CT molecular complexity index is 444. The summed E-state index contributed by atoms with van der Waals surface area (Å²) in [5, 5.41) is 2.20. The Kier molecular flexibility index (Phi) is 4.55. The predicted octanol–water partition coefficient (Wildman–Crippen LogP) is 1.66. The Labute approximate surface area is 121 Å². The first-order valence-corrected chi connectivity index (χ1v) is 7.06. The maximum Gasteiger partial charge on any atom is 0.107 e. The molecule has 4 nitrogen and oxygen atoms in total. The molecule has 0 bridgehead atoms. The quantitative estimate of drug-likeness (QED) is 0.826. The molecule has 0 amide bonds. The lowest BCUT2D eigenvalue weighted by Gasteiger charge is -2.33. The molecule has 1 aromatic carbocycles. The van der Waals surface area contributed by atoms with Crippen molar-refractivity contribution < 1.29 is 0 Å². The van der Waals surface area contributed by atoms with Crippen LogP contribution in [0, 0.1) is 0 Å². The van der Waals surface area contributed by atoms with Crippen LogP contribution in [0.3, 0.4) is 0 Å². The van der Waals surface area contributed by atoms with Gasteiger partial charge in [-0.2, -0.15) is 0 Å². The Morgan fingerprint density at radius 1 is 1.33 bits per heavy atom. The van der Waals surface area contributed by atoms with Crippen molar-refractivity contribution in [3.8, 4) is 0 Å². The van der Waals surface area contributed by atoms with Crippen LogP contribution in [-0.4, -0.2) is 48.1 Å². The van der Waals surface area contributed by atoms with E-state index >= 15 is 0 Å². The molecule has 0 aliphatic carbocycles. The lowest BCUT2D eigenvalue weighted by Crippen LogP contribution is -2.47. The van der Waals surface area contributed by atoms with Crippen LogP contribution in [0.15, 0.2) is 22.7 Å². The zero-order valence-electron chi connectivity index (χ0n) is 10.3. The number of thiocarbonyl (C=S) groups is 1. The molecule has 2 rings (SSSR count). The first-order valence-electron chi connectivity index (χ1n) is 5.86. The second kappa shape index (κ2) is 5.97. The highest BCUT2D eigenvalue weighted by Crippen LogP contribution is 2.25. The molecule has 1 aromatic rings. The third-order valence-corrected chi connectivity index (χ3v) is 3.91. The fourth-order valence-electron chi connectivity index (χ4n) is 1.96. The van der Waals surface area contributed by atoms with Gasteiger partial charge in [0.05, 0.1) is 5.69 Å². The first-order chi connectivity index (χ1) is 8.58. The highest BCUT2D eigenvalue weighted by Gasteiger charge is 2.16. The Morgan fingerprint density at radius 2 is 2.00 bits per heavy atom. The van der Waals surface area contributed by atoms with E-state index in [0.29, 0.717) is 4.99 Å². The van der Waals surface area contributed by atoms with Gasteiger partial charge in [-0.3, -0.25) is 0 Å². The van der Waals surface area contributed by atoms with Crippen LogP contribution in [0.2, 0.25) is 0 Å². The molecule has 0 saturated carbocycles. The molecule has 1 fully saturated rings. The zero-order valence-corrected chi connectivity index (χ0v) is 12.7. The minimum atomic E-state index is 0.402. The van der Waals surface area contributed by atoms with E-state index in [-0.39, 0.29) is 0 Å². The summed E-state index contributed by atoms with van der Waals surface area (Å²) in [6.07, 6.45) is 0. The average molecular weight is 329 g/mol. The monoisotopic (exact) mass is 328 g/mol. The zero-order chi connectivity index (χ0) is 13.1. The van der Waals surface area contributed by atoms with Gasteiger partial charge in [-0.05, 0) is 35.1 Å². The van der Waals surface area contributed by atoms with Crippen LogP contribution in [0.5, 0.6) is 0 Å². The van der Waals surface area contributed by atoms with Gasteiger partial charge in [0.15, 0.2) is 0 Å². The van der Waals surface area contributed by atoms with Gasteiger partial charge in [0.25, 0.3) is 0 Å². The van der Waals surface area contributed by atoms with Gasteiger partial charge < -0.3 is 16.1 Å². The minimum absolute atomic E-state index is 0.402. The largest absolute Gasteiger partial charge is 0.389 e. The van der Waals surface area contributed by atoms with Crippen LogP contribution in [0.4, 0.5) is 5.69 Å². The number of halogens is 1. The lowest BCUT2D eigenvalue weighted by molar-refractivity contribution is 0.179. The molecular formula is C12H17BrN4S. The third-order valence-electron chi connectivity index (χ3n) is 3.04. The number of nitrogens with two attached hydrogens (primary N) is 1. The number of hydrogen-bond acceptors (Lipinski definition) is 4. The molecule has 0 atom stereocenters. The standard InChI is InChI=1S/C12H17BrN4S/c1-16-5-7-17(8-6-16)15-10-4-2-3-9(13)11(10)12(14)18/h2-4,15H,5-8H2,1H3,(H2,14,18). The summed E-state index contributed by atoms with van der Waals surface area (Å²) in [4.78, 5) is 2.72. The minimum Gasteiger partial charge on any atom is -0.389 e. The van der Waals surface area contributed by atoms with Crippen molar-refractivity contribution in [1.29, 1.82) is 0 Å². The van der Waals surface area contributed by atoms with Crippen molar-refractivity contribution in [3.63, 3.8) is 0 Å². The second-order valence-electron chi connectivity index (χ2n) is 4.43. The number of piperazine rings is 1. The number of hydrazine groups is 1. The first kappa shape index (κ1) is 13.7. The van der Waals surface area contributed by atoms with Crippen LogP contribution in [0.1, 0.15) is 5.56 Å². The Hall–Kier alpha value is -0.690. The van der Waals surface area contributed by atoms with Crippen LogP contribution in [-0.2, 0) is 0 Å². The molecule has 1 saturated heterocycles. The Morgan fingerprint density at radius 3 is 2.61 bits per heavy atom. The van der Waals surface area contributed by atoms with E-state index < -0.39 is 0 Å². The summed E-state index contributed by atoms with van der Waals surface area (Å²) in [7, 11) is 2.14. The van der Waals surface area contributed by atoms with Crippen molar-refractivity contribution in [3.05, 3.63) is 28.2 Å². The van der Waals surface area contributed by atoms with E-state index in [1.54, 1.807) is 0 Å². The number of nitrogens with one attached hydrogen (secondary N) is 1. The molecule has 1 aliphatic heterocycles. The van der Waals surface area contributed by atoms with E-state index in [1.807, 2.05) is 18.2 Å². The summed E-state index contributed by atoms with van der Waals surface area (Å²) in [6, 6.07) is 5.92. The number of hydrogen-bond donors (Lipinski definition) is 2. The maximum atomic E-state index is 5.78. The van der Waals surface area contributed by atoms with Crippen LogP contribution in [0.25, 0.3) is 0 Å². The predicted molar refractivity (Wildman–Crippen MR) is 82.7 cm³/mol. The Balaban J connectivity index is 2.14. The van der Waals surface area contributed by atoms with Crippen LogP contribution < -0.4 is 11.2 Å². The highest BCUT2D eigenvalue weighted by molar-refractivity contribution is 9.10. The topological polar surface area (TPSA) is 44.5 Å². The van der Waals surface area contributed by atoms with Crippen molar-refractivity contribution >= 4 is 38.8 Å². The molecule has 0 radical (unpaired) electrons. The number of nitrogens with zero attached hydrogens (tertiary/aromatic N) is 2. The maximum absolute atomic E-state index is 5.78. The molecule has 1 aliphatic rings. The summed E-state index contributed by atoms with van der Waals surface area (Å²) >= 11 is 8.59. The van der Waals surface area contributed by atoms with Crippen molar-refractivity contribution in [2.24, 2.45) is 5.73 Å². The summed E-state index contributed by atoms with van der Waals surface area (Å²) < 4.78 is 0.925. The van der Waals surface area contributed by atoms with Gasteiger partial charge in [0, 0.05) is 36.2 Å². The van der Waals surface area contributed by atoms with Gasteiger partial charge in [-0.25, -0.2) is 5.01 Å². The SMILES string of the molecule is CN1CCN(Nc2cccc(Br)c2C(N)=S)CC1. The number of anilines is 1. The van der Waals surface area contributed by atoms with Crippen molar-refractivity contribution in [2.75, 3.05) is 38.7 Å². The molecule has 6 heteroatoms. The summed E-state index contributed by atoms with van der Waals surface area (Å²) in [5.74, 6) is 0. The van der Waals surface area contributed by atoms with Gasteiger partial charge >= 0.3 is 0 Å². The van der Waals surface area contributed by atoms with E-state index in [1.165, 1.54) is 0 Å². The highest BCUT2D eigenvalue weighted by atomic mass is 79.9. The lowest BCUT2D eigenvalue weighted by atomic mass is 10.2. The van der Waals surface area contributed by atoms with E-state index in [2.05, 4.69) is 38.3 Å². The normalized spacial score (nSPS) is 17.7. The fraction of sp³-hybridized carbons (Fsp3) is 0.417. The molecule has 98 valence electrons. The smallest absolute Gasteiger partial charge is 0.107 e. The number of rotatable bonds is 3. The third kappa shape index (κ3) is 3.20. The average Bonchev–Trinajstić information content (AvgIpc) is 2.32. The second-order valence-corrected chi connectivity index (χ2v) is 5.72. The van der Waals surface area contributed by atoms with Gasteiger partial charge in [0.2, 0.25) is 0 Å². The van der Waals surface area contributed by atoms with Gasteiger partial charge in [-0.1, -0.05) is 18.3 Å². The van der Waals surface area contributed by atoms with E-state index in [9.17, 15) is 0 Å². The summed E-state index contributed by atoms with van der Waals surface area (Å²) in [6.45, 7) is 4.09. The number of likely N-dealkylation sites (N-methyl/N-ethyl adjacent to an activating group) is 1. The van der Waals surface area contributed by atoms with Gasteiger partial charge in [0.1, 0.15) is 4.99 Å². The molecule has 0 unspecified atom stereocenters. The van der Waals surface area contributed by atoms with E-state index in [4.69, 9.17) is 18.0 Å². The summed E-state index contributed by atoms with van der Waals surface area (Å²) in [5.41, 5.74) is 11.0. The fourth-order valence-corrected chi connectivity index (χ4v) is 2.89. The molecular weight excluding hydrogens is 312 g/mol. The van der Waals surface area contributed by atoms with E-state index in [0.717, 1.165) is 41.9 Å².